The van der Waals surface area contributed by atoms with Gasteiger partial charge in [0.1, 0.15) is 0 Å². The zero-order valence-corrected chi connectivity index (χ0v) is 11.8. The van der Waals surface area contributed by atoms with E-state index in [4.69, 9.17) is 0 Å². The SMILES string of the molecule is CC(CN1CCCN(C)S1(=O)=O)C(C)(C)C. The summed E-state index contributed by atoms with van der Waals surface area (Å²) in [5.41, 5.74) is 0.144. The van der Waals surface area contributed by atoms with Crippen molar-refractivity contribution in [2.75, 3.05) is 26.7 Å². The first-order valence-corrected chi connectivity index (χ1v) is 7.27. The highest BCUT2D eigenvalue weighted by atomic mass is 32.2. The van der Waals surface area contributed by atoms with Crippen LogP contribution < -0.4 is 0 Å². The molecule has 0 aromatic rings. The molecule has 5 heteroatoms. The third kappa shape index (κ3) is 2.96. The minimum Gasteiger partial charge on any atom is -0.195 e. The monoisotopic (exact) mass is 248 g/mol. The molecule has 0 bridgehead atoms. The third-order valence-electron chi connectivity index (χ3n) is 3.56. The average molecular weight is 248 g/mol. The first kappa shape index (κ1) is 13.9. The lowest BCUT2D eigenvalue weighted by Crippen LogP contribution is -2.50. The second kappa shape index (κ2) is 4.63. The van der Waals surface area contributed by atoms with E-state index in [9.17, 15) is 8.42 Å². The van der Waals surface area contributed by atoms with E-state index in [1.54, 1.807) is 11.4 Å². The highest BCUT2D eigenvalue weighted by Gasteiger charge is 2.33. The summed E-state index contributed by atoms with van der Waals surface area (Å²) in [4.78, 5) is 0. The van der Waals surface area contributed by atoms with Crippen molar-refractivity contribution in [1.82, 2.24) is 8.61 Å². The quantitative estimate of drug-likeness (QED) is 0.744. The van der Waals surface area contributed by atoms with E-state index >= 15 is 0 Å². The molecule has 0 aliphatic carbocycles. The molecule has 0 saturated carbocycles. The van der Waals surface area contributed by atoms with Crippen LogP contribution in [0.25, 0.3) is 0 Å². The molecular formula is C11H24N2O2S. The summed E-state index contributed by atoms with van der Waals surface area (Å²) in [7, 11) is -1.53. The second-order valence-corrected chi connectivity index (χ2v) is 7.84. The average Bonchev–Trinajstić information content (AvgIpc) is 2.11. The Morgan fingerprint density at radius 1 is 1.25 bits per heavy atom. The molecule has 0 amide bonds. The van der Waals surface area contributed by atoms with Crippen molar-refractivity contribution in [3.05, 3.63) is 0 Å². The molecule has 1 atom stereocenters. The van der Waals surface area contributed by atoms with E-state index in [1.165, 1.54) is 4.31 Å². The van der Waals surface area contributed by atoms with E-state index in [2.05, 4.69) is 27.7 Å². The van der Waals surface area contributed by atoms with Crippen LogP contribution in [0.4, 0.5) is 0 Å². The molecule has 1 heterocycles. The smallest absolute Gasteiger partial charge is 0.195 e. The Bertz CT molecular complexity index is 332. The van der Waals surface area contributed by atoms with Crippen molar-refractivity contribution >= 4 is 10.2 Å². The van der Waals surface area contributed by atoms with Gasteiger partial charge in [0.2, 0.25) is 0 Å². The van der Waals surface area contributed by atoms with E-state index in [0.717, 1.165) is 6.42 Å². The zero-order chi connectivity index (χ0) is 12.6. The predicted octanol–water partition coefficient (Wildman–Crippen LogP) is 1.55. The van der Waals surface area contributed by atoms with Gasteiger partial charge in [0.15, 0.2) is 0 Å². The van der Waals surface area contributed by atoms with Gasteiger partial charge in [-0.15, -0.1) is 0 Å². The van der Waals surface area contributed by atoms with Crippen molar-refractivity contribution in [1.29, 1.82) is 0 Å². The van der Waals surface area contributed by atoms with Crippen LogP contribution in [-0.4, -0.2) is 43.7 Å². The fourth-order valence-corrected chi connectivity index (χ4v) is 3.19. The Morgan fingerprint density at radius 2 is 1.81 bits per heavy atom. The molecule has 1 saturated heterocycles. The van der Waals surface area contributed by atoms with Gasteiger partial charge in [-0.1, -0.05) is 27.7 Å². The summed E-state index contributed by atoms with van der Waals surface area (Å²) in [5, 5.41) is 0. The minimum atomic E-state index is -3.19. The summed E-state index contributed by atoms with van der Waals surface area (Å²) in [6.07, 6.45) is 0.923. The lowest BCUT2D eigenvalue weighted by Gasteiger charge is -2.37. The Labute approximate surface area is 99.8 Å². The predicted molar refractivity (Wildman–Crippen MR) is 66.4 cm³/mol. The number of nitrogens with zero attached hydrogens (tertiary/aromatic N) is 2. The number of rotatable bonds is 2. The van der Waals surface area contributed by atoms with Crippen molar-refractivity contribution in [2.24, 2.45) is 11.3 Å². The largest absolute Gasteiger partial charge is 0.281 e. The Balaban J connectivity index is 2.74. The highest BCUT2D eigenvalue weighted by Crippen LogP contribution is 2.28. The van der Waals surface area contributed by atoms with Crippen LogP contribution in [0.1, 0.15) is 34.1 Å². The van der Waals surface area contributed by atoms with Gasteiger partial charge in [0.25, 0.3) is 10.2 Å². The Hall–Kier alpha value is -0.130. The van der Waals surface area contributed by atoms with E-state index < -0.39 is 10.2 Å². The summed E-state index contributed by atoms with van der Waals surface area (Å²) in [5.74, 6) is 0.355. The zero-order valence-electron chi connectivity index (χ0n) is 11.0. The number of hydrogen-bond acceptors (Lipinski definition) is 2. The number of hydrogen-bond donors (Lipinski definition) is 0. The lowest BCUT2D eigenvalue weighted by molar-refractivity contribution is 0.197. The topological polar surface area (TPSA) is 40.6 Å². The van der Waals surface area contributed by atoms with Gasteiger partial charge in [0.05, 0.1) is 0 Å². The van der Waals surface area contributed by atoms with Crippen molar-refractivity contribution in [2.45, 2.75) is 34.1 Å². The molecule has 1 aliphatic rings. The summed E-state index contributed by atoms with van der Waals surface area (Å²) in [6.45, 7) is 10.5. The molecule has 0 radical (unpaired) electrons. The van der Waals surface area contributed by atoms with Crippen molar-refractivity contribution < 1.29 is 8.42 Å². The van der Waals surface area contributed by atoms with Gasteiger partial charge in [0, 0.05) is 26.7 Å². The molecule has 0 N–H and O–H groups in total. The molecule has 1 fully saturated rings. The first-order valence-electron chi connectivity index (χ1n) is 5.87. The van der Waals surface area contributed by atoms with Gasteiger partial charge in [-0.05, 0) is 17.8 Å². The van der Waals surface area contributed by atoms with E-state index in [1.807, 2.05) is 0 Å². The molecule has 0 spiro atoms. The van der Waals surface area contributed by atoms with E-state index in [0.29, 0.717) is 25.6 Å². The summed E-state index contributed by atoms with van der Waals surface area (Å²) >= 11 is 0. The molecule has 4 nitrogen and oxygen atoms in total. The Morgan fingerprint density at radius 3 is 2.31 bits per heavy atom. The van der Waals surface area contributed by atoms with Gasteiger partial charge in [-0.2, -0.15) is 17.0 Å². The van der Waals surface area contributed by atoms with Gasteiger partial charge in [-0.25, -0.2) is 0 Å². The fraction of sp³-hybridized carbons (Fsp3) is 1.00. The van der Waals surface area contributed by atoms with Crippen LogP contribution in [0.15, 0.2) is 0 Å². The van der Waals surface area contributed by atoms with Crippen LogP contribution in [0.3, 0.4) is 0 Å². The van der Waals surface area contributed by atoms with Crippen molar-refractivity contribution in [3.63, 3.8) is 0 Å². The first-order chi connectivity index (χ1) is 7.15. The molecule has 1 unspecified atom stereocenters. The van der Waals surface area contributed by atoms with Crippen LogP contribution in [0.2, 0.25) is 0 Å². The second-order valence-electron chi connectivity index (χ2n) is 5.81. The molecule has 1 aliphatic heterocycles. The molecule has 0 aromatic carbocycles. The van der Waals surface area contributed by atoms with Gasteiger partial charge < -0.3 is 0 Å². The molecular weight excluding hydrogens is 224 g/mol. The third-order valence-corrected chi connectivity index (χ3v) is 5.51. The van der Waals surface area contributed by atoms with Gasteiger partial charge >= 0.3 is 0 Å². The molecule has 16 heavy (non-hydrogen) atoms. The summed E-state index contributed by atoms with van der Waals surface area (Å²) in [6, 6.07) is 0. The van der Waals surface area contributed by atoms with E-state index in [-0.39, 0.29) is 5.41 Å². The molecule has 96 valence electrons. The minimum absolute atomic E-state index is 0.144. The Kier molecular flexibility index (Phi) is 4.03. The lowest BCUT2D eigenvalue weighted by atomic mass is 9.82. The molecule has 0 aromatic heterocycles. The maximum atomic E-state index is 12.0. The standard InChI is InChI=1S/C11H24N2O2S/c1-10(11(2,3)4)9-13-8-6-7-12(5)16(13,14)15/h10H,6-9H2,1-5H3. The van der Waals surface area contributed by atoms with Gasteiger partial charge in [-0.3, -0.25) is 0 Å². The van der Waals surface area contributed by atoms with Crippen LogP contribution in [0.5, 0.6) is 0 Å². The van der Waals surface area contributed by atoms with Crippen LogP contribution >= 0.6 is 0 Å². The summed E-state index contributed by atoms with van der Waals surface area (Å²) < 4.78 is 27.1. The maximum absolute atomic E-state index is 12.0. The fourth-order valence-electron chi connectivity index (χ4n) is 1.66. The van der Waals surface area contributed by atoms with Crippen LogP contribution in [-0.2, 0) is 10.2 Å². The van der Waals surface area contributed by atoms with Crippen LogP contribution in [0, 0.1) is 11.3 Å². The highest BCUT2D eigenvalue weighted by molar-refractivity contribution is 7.86. The maximum Gasteiger partial charge on any atom is 0.281 e. The molecule has 1 rings (SSSR count). The normalized spacial score (nSPS) is 25.6. The van der Waals surface area contributed by atoms with Crippen molar-refractivity contribution in [3.8, 4) is 0 Å².